The zero-order valence-corrected chi connectivity index (χ0v) is 10.5. The molecule has 1 atom stereocenters. The Bertz CT molecular complexity index is 369. The van der Waals surface area contributed by atoms with Gasteiger partial charge in [-0.3, -0.25) is 4.79 Å². The zero-order valence-electron chi connectivity index (χ0n) is 10.5. The second-order valence-corrected chi connectivity index (χ2v) is 4.18. The van der Waals surface area contributed by atoms with Crippen LogP contribution in [0, 0.1) is 13.8 Å². The molecule has 0 radical (unpaired) electrons. The number of carbonyl (C=O) groups excluding carboxylic acids is 1. The first-order valence-electron chi connectivity index (χ1n) is 5.72. The number of Topliss-reactive ketones (excluding diaryl/α,β-unsaturated/α-hetero) is 1. The van der Waals surface area contributed by atoms with Crippen molar-refractivity contribution in [1.82, 2.24) is 0 Å². The van der Waals surface area contributed by atoms with Crippen LogP contribution in [0.1, 0.15) is 42.6 Å². The van der Waals surface area contributed by atoms with Crippen molar-refractivity contribution >= 4 is 5.78 Å². The third-order valence-corrected chi connectivity index (χ3v) is 2.86. The van der Waals surface area contributed by atoms with Crippen LogP contribution in [-0.4, -0.2) is 12.9 Å². The number of benzene rings is 1. The van der Waals surface area contributed by atoms with E-state index in [0.717, 1.165) is 12.0 Å². The first-order valence-corrected chi connectivity index (χ1v) is 5.72. The Morgan fingerprint density at radius 1 is 1.31 bits per heavy atom. The third-order valence-electron chi connectivity index (χ3n) is 2.86. The molecule has 1 aromatic carbocycles. The van der Waals surface area contributed by atoms with E-state index in [9.17, 15) is 4.79 Å². The number of carbonyl (C=O) groups is 1. The lowest BCUT2D eigenvalue weighted by molar-refractivity contribution is -0.129. The lowest BCUT2D eigenvalue weighted by atomic mass is 9.98. The Morgan fingerprint density at radius 3 is 2.50 bits per heavy atom. The van der Waals surface area contributed by atoms with Crippen LogP contribution in [0.4, 0.5) is 0 Å². The molecule has 0 saturated carbocycles. The van der Waals surface area contributed by atoms with Crippen LogP contribution in [0.15, 0.2) is 18.2 Å². The van der Waals surface area contributed by atoms with Crippen molar-refractivity contribution in [2.24, 2.45) is 0 Å². The van der Waals surface area contributed by atoms with E-state index >= 15 is 0 Å². The quantitative estimate of drug-likeness (QED) is 0.760. The van der Waals surface area contributed by atoms with E-state index in [4.69, 9.17) is 4.74 Å². The smallest absolute Gasteiger partial charge is 0.166 e. The number of ketones is 1. The first kappa shape index (κ1) is 12.9. The number of hydrogen-bond acceptors (Lipinski definition) is 2. The molecule has 1 rings (SSSR count). The molecular weight excluding hydrogens is 200 g/mol. The van der Waals surface area contributed by atoms with E-state index in [0.29, 0.717) is 6.42 Å². The lowest BCUT2D eigenvalue weighted by Gasteiger charge is -2.15. The second kappa shape index (κ2) is 5.80. The fourth-order valence-corrected chi connectivity index (χ4v) is 1.76. The Labute approximate surface area is 97.6 Å². The van der Waals surface area contributed by atoms with Crippen LogP contribution in [0.5, 0.6) is 0 Å². The van der Waals surface area contributed by atoms with Crippen molar-refractivity contribution in [2.75, 3.05) is 7.11 Å². The summed E-state index contributed by atoms with van der Waals surface area (Å²) < 4.78 is 5.30. The molecule has 2 heteroatoms. The van der Waals surface area contributed by atoms with Gasteiger partial charge in [-0.15, -0.1) is 0 Å². The highest BCUT2D eigenvalue weighted by Crippen LogP contribution is 2.22. The van der Waals surface area contributed by atoms with E-state index in [2.05, 4.69) is 13.8 Å². The summed E-state index contributed by atoms with van der Waals surface area (Å²) in [6.07, 6.45) is 1.04. The van der Waals surface area contributed by atoms with Crippen molar-refractivity contribution in [3.05, 3.63) is 34.9 Å². The molecule has 2 nitrogen and oxygen atoms in total. The van der Waals surface area contributed by atoms with Crippen molar-refractivity contribution < 1.29 is 9.53 Å². The Kier molecular flexibility index (Phi) is 4.69. The largest absolute Gasteiger partial charge is 0.369 e. The summed E-state index contributed by atoms with van der Waals surface area (Å²) in [5, 5.41) is 0. The van der Waals surface area contributed by atoms with E-state index in [-0.39, 0.29) is 5.78 Å². The molecule has 0 aliphatic heterocycles. The highest BCUT2D eigenvalue weighted by Gasteiger charge is 2.19. The highest BCUT2D eigenvalue weighted by atomic mass is 16.5. The van der Waals surface area contributed by atoms with E-state index in [1.165, 1.54) is 11.1 Å². The van der Waals surface area contributed by atoms with Gasteiger partial charge >= 0.3 is 0 Å². The van der Waals surface area contributed by atoms with E-state index < -0.39 is 6.10 Å². The normalized spacial score (nSPS) is 12.5. The van der Waals surface area contributed by atoms with Gasteiger partial charge in [-0.1, -0.05) is 25.1 Å². The maximum absolute atomic E-state index is 11.8. The summed E-state index contributed by atoms with van der Waals surface area (Å²) in [6, 6.07) is 6.05. The van der Waals surface area contributed by atoms with Gasteiger partial charge in [-0.05, 0) is 37.0 Å². The molecular formula is C14H20O2. The average molecular weight is 220 g/mol. The maximum Gasteiger partial charge on any atom is 0.166 e. The Balaban J connectivity index is 2.95. The first-order chi connectivity index (χ1) is 7.60. The van der Waals surface area contributed by atoms with Crippen LogP contribution in [-0.2, 0) is 9.53 Å². The van der Waals surface area contributed by atoms with Crippen molar-refractivity contribution in [2.45, 2.75) is 39.7 Å². The minimum absolute atomic E-state index is 0.160. The highest BCUT2D eigenvalue weighted by molar-refractivity contribution is 5.84. The van der Waals surface area contributed by atoms with Crippen LogP contribution >= 0.6 is 0 Å². The molecule has 0 spiro atoms. The van der Waals surface area contributed by atoms with Gasteiger partial charge in [-0.2, -0.15) is 0 Å². The summed E-state index contributed by atoms with van der Waals surface area (Å²) >= 11 is 0. The summed E-state index contributed by atoms with van der Waals surface area (Å²) in [6.45, 7) is 6.12. The summed E-state index contributed by atoms with van der Waals surface area (Å²) in [4.78, 5) is 11.8. The topological polar surface area (TPSA) is 26.3 Å². The molecule has 0 saturated heterocycles. The summed E-state index contributed by atoms with van der Waals surface area (Å²) in [5.41, 5.74) is 3.40. The molecule has 1 aromatic rings. The summed E-state index contributed by atoms with van der Waals surface area (Å²) in [5.74, 6) is 0.160. The van der Waals surface area contributed by atoms with Crippen LogP contribution in [0.25, 0.3) is 0 Å². The fourth-order valence-electron chi connectivity index (χ4n) is 1.76. The minimum Gasteiger partial charge on any atom is -0.369 e. The standard InChI is InChI=1S/C14H20O2/c1-5-6-13(15)14(16-4)12-8-7-10(2)11(3)9-12/h7-9,14H,5-6H2,1-4H3. The van der Waals surface area contributed by atoms with Crippen molar-refractivity contribution in [3.8, 4) is 0 Å². The zero-order chi connectivity index (χ0) is 12.1. The molecule has 0 heterocycles. The molecule has 0 bridgehead atoms. The average Bonchev–Trinajstić information content (AvgIpc) is 2.25. The van der Waals surface area contributed by atoms with Gasteiger partial charge in [0.15, 0.2) is 5.78 Å². The predicted molar refractivity (Wildman–Crippen MR) is 65.6 cm³/mol. The molecule has 1 unspecified atom stereocenters. The fraction of sp³-hybridized carbons (Fsp3) is 0.500. The van der Waals surface area contributed by atoms with E-state index in [1.807, 2.05) is 25.1 Å². The molecule has 0 N–H and O–H groups in total. The Morgan fingerprint density at radius 2 is 2.00 bits per heavy atom. The molecule has 16 heavy (non-hydrogen) atoms. The molecule has 0 aliphatic rings. The molecule has 88 valence electrons. The number of aryl methyl sites for hydroxylation is 2. The van der Waals surface area contributed by atoms with Crippen LogP contribution in [0.3, 0.4) is 0 Å². The molecule has 0 aliphatic carbocycles. The van der Waals surface area contributed by atoms with Gasteiger partial charge in [0.05, 0.1) is 0 Å². The third kappa shape index (κ3) is 2.92. The summed E-state index contributed by atoms with van der Waals surface area (Å²) in [7, 11) is 1.59. The number of methoxy groups -OCH3 is 1. The molecule has 0 aromatic heterocycles. The van der Waals surface area contributed by atoms with Crippen molar-refractivity contribution in [1.29, 1.82) is 0 Å². The predicted octanol–water partition coefficient (Wildman–Crippen LogP) is 3.36. The number of ether oxygens (including phenoxy) is 1. The lowest BCUT2D eigenvalue weighted by Crippen LogP contribution is -2.14. The van der Waals surface area contributed by atoms with Gasteiger partial charge in [0.2, 0.25) is 0 Å². The minimum atomic E-state index is -0.403. The number of hydrogen-bond donors (Lipinski definition) is 0. The van der Waals surface area contributed by atoms with Gasteiger partial charge < -0.3 is 4.74 Å². The van der Waals surface area contributed by atoms with Gasteiger partial charge in [-0.25, -0.2) is 0 Å². The molecule has 0 fully saturated rings. The monoisotopic (exact) mass is 220 g/mol. The number of rotatable bonds is 5. The van der Waals surface area contributed by atoms with Gasteiger partial charge in [0.25, 0.3) is 0 Å². The van der Waals surface area contributed by atoms with Crippen LogP contribution < -0.4 is 0 Å². The van der Waals surface area contributed by atoms with Gasteiger partial charge in [0.1, 0.15) is 6.10 Å². The van der Waals surface area contributed by atoms with Crippen LogP contribution in [0.2, 0.25) is 0 Å². The second-order valence-electron chi connectivity index (χ2n) is 4.18. The molecule has 0 amide bonds. The van der Waals surface area contributed by atoms with E-state index in [1.54, 1.807) is 7.11 Å². The maximum atomic E-state index is 11.8. The Hall–Kier alpha value is -1.15. The van der Waals surface area contributed by atoms with Crippen molar-refractivity contribution in [3.63, 3.8) is 0 Å². The van der Waals surface area contributed by atoms with Gasteiger partial charge in [0, 0.05) is 13.5 Å². The SMILES string of the molecule is CCCC(=O)C(OC)c1ccc(C)c(C)c1.